The number of rotatable bonds is 9. The Balaban J connectivity index is 4.50. The van der Waals surface area contributed by atoms with E-state index in [2.05, 4.69) is 0 Å². The van der Waals surface area contributed by atoms with E-state index >= 15 is 0 Å². The first-order valence-corrected chi connectivity index (χ1v) is 5.28. The molecule has 0 aromatic carbocycles. The number of hydrogen-bond donors (Lipinski definition) is 3. The summed E-state index contributed by atoms with van der Waals surface area (Å²) in [5.41, 5.74) is 0. The van der Waals surface area contributed by atoms with E-state index in [1.54, 1.807) is 6.92 Å². The molecule has 7 heteroatoms. The lowest BCUT2D eigenvalue weighted by Gasteiger charge is -2.26. The first-order valence-electron chi connectivity index (χ1n) is 5.28. The lowest BCUT2D eigenvalue weighted by atomic mass is 10.1. The summed E-state index contributed by atoms with van der Waals surface area (Å²) in [5, 5.41) is 26.0. The van der Waals surface area contributed by atoms with Crippen LogP contribution in [0.4, 0.5) is 0 Å². The zero-order valence-electron chi connectivity index (χ0n) is 9.63. The van der Waals surface area contributed by atoms with E-state index < -0.39 is 23.9 Å². The Bertz CT molecular complexity index is 273. The Hall–Kier alpha value is -1.63. The van der Waals surface area contributed by atoms with Crippen LogP contribution in [0.2, 0.25) is 0 Å². The molecule has 0 aromatic heterocycles. The van der Waals surface area contributed by atoms with Gasteiger partial charge in [-0.05, 0) is 6.42 Å². The summed E-state index contributed by atoms with van der Waals surface area (Å²) in [6.07, 6.45) is -0.110. The van der Waals surface area contributed by atoms with Crippen molar-refractivity contribution in [2.45, 2.75) is 32.2 Å². The summed E-state index contributed by atoms with van der Waals surface area (Å²) < 4.78 is 0. The van der Waals surface area contributed by atoms with Crippen LogP contribution in [-0.2, 0) is 14.4 Å². The highest BCUT2D eigenvalue weighted by molar-refractivity contribution is 5.74. The highest BCUT2D eigenvalue weighted by Crippen LogP contribution is 2.07. The molecule has 0 radical (unpaired) electrons. The lowest BCUT2D eigenvalue weighted by Crippen LogP contribution is -2.43. The predicted molar refractivity (Wildman–Crippen MR) is 57.8 cm³/mol. The number of carboxylic acids is 3. The number of hydrogen-bond acceptors (Lipinski definition) is 4. The van der Waals surface area contributed by atoms with E-state index in [-0.39, 0.29) is 25.9 Å². The van der Waals surface area contributed by atoms with Gasteiger partial charge < -0.3 is 15.3 Å². The van der Waals surface area contributed by atoms with Crippen LogP contribution >= 0.6 is 0 Å². The molecule has 0 aliphatic heterocycles. The minimum absolute atomic E-state index is 0.0351. The summed E-state index contributed by atoms with van der Waals surface area (Å²) in [6.45, 7) is 1.73. The van der Waals surface area contributed by atoms with Gasteiger partial charge in [0.2, 0.25) is 0 Å². The van der Waals surface area contributed by atoms with Crippen LogP contribution in [0.5, 0.6) is 0 Å². The van der Waals surface area contributed by atoms with Gasteiger partial charge in [-0.3, -0.25) is 19.3 Å². The molecule has 1 unspecified atom stereocenters. The van der Waals surface area contributed by atoms with Gasteiger partial charge in [0.05, 0.1) is 12.8 Å². The summed E-state index contributed by atoms with van der Waals surface area (Å²) in [4.78, 5) is 33.2. The molecule has 0 fully saturated rings. The van der Waals surface area contributed by atoms with E-state index in [1.165, 1.54) is 4.90 Å². The lowest BCUT2D eigenvalue weighted by molar-refractivity contribution is -0.146. The topological polar surface area (TPSA) is 115 Å². The van der Waals surface area contributed by atoms with Gasteiger partial charge in [0.15, 0.2) is 0 Å². The highest BCUT2D eigenvalue weighted by atomic mass is 16.4. The minimum Gasteiger partial charge on any atom is -0.481 e. The fourth-order valence-electron chi connectivity index (χ4n) is 1.49. The Morgan fingerprint density at radius 2 is 1.41 bits per heavy atom. The average Bonchev–Trinajstić information content (AvgIpc) is 2.21. The third-order valence-corrected chi connectivity index (χ3v) is 2.34. The van der Waals surface area contributed by atoms with Gasteiger partial charge in [-0.25, -0.2) is 0 Å². The van der Waals surface area contributed by atoms with Crippen molar-refractivity contribution in [3.05, 3.63) is 0 Å². The quantitative estimate of drug-likeness (QED) is 0.529. The zero-order chi connectivity index (χ0) is 13.4. The van der Waals surface area contributed by atoms with Crippen LogP contribution in [0.25, 0.3) is 0 Å². The van der Waals surface area contributed by atoms with Crippen LogP contribution in [0.1, 0.15) is 26.2 Å². The van der Waals surface area contributed by atoms with Crippen LogP contribution in [0.3, 0.4) is 0 Å². The molecule has 0 saturated heterocycles. The molecular weight excluding hydrogens is 230 g/mol. The number of carboxylic acid groups (broad SMARTS) is 3. The second kappa shape index (κ2) is 7.61. The van der Waals surface area contributed by atoms with Crippen LogP contribution in [0, 0.1) is 0 Å². The third kappa shape index (κ3) is 6.52. The molecule has 0 aromatic rings. The Labute approximate surface area is 98.7 Å². The maximum Gasteiger partial charge on any atom is 0.320 e. The smallest absolute Gasteiger partial charge is 0.320 e. The first-order chi connectivity index (χ1) is 7.88. The van der Waals surface area contributed by atoms with Crippen molar-refractivity contribution in [1.29, 1.82) is 0 Å². The van der Waals surface area contributed by atoms with Crippen LogP contribution in [0.15, 0.2) is 0 Å². The average molecular weight is 247 g/mol. The maximum absolute atomic E-state index is 10.9. The molecule has 0 rings (SSSR count). The molecule has 17 heavy (non-hydrogen) atoms. The van der Waals surface area contributed by atoms with Crippen LogP contribution in [-0.4, -0.2) is 57.3 Å². The highest BCUT2D eigenvalue weighted by Gasteiger charge is 2.24. The molecular formula is C10H17NO6. The van der Waals surface area contributed by atoms with Gasteiger partial charge in [-0.15, -0.1) is 0 Å². The second-order valence-electron chi connectivity index (χ2n) is 3.59. The number of nitrogens with zero attached hydrogens (tertiary/aromatic N) is 1. The second-order valence-corrected chi connectivity index (χ2v) is 3.59. The largest absolute Gasteiger partial charge is 0.481 e. The minimum atomic E-state index is -1.07. The van der Waals surface area contributed by atoms with Gasteiger partial charge in [0, 0.05) is 13.1 Å². The Kier molecular flexibility index (Phi) is 6.88. The molecule has 0 aliphatic rings. The molecule has 7 nitrogen and oxygen atoms in total. The van der Waals surface area contributed by atoms with Crippen molar-refractivity contribution in [3.8, 4) is 0 Å². The van der Waals surface area contributed by atoms with E-state index in [4.69, 9.17) is 15.3 Å². The first kappa shape index (κ1) is 15.4. The molecule has 98 valence electrons. The number of aliphatic carboxylic acids is 3. The van der Waals surface area contributed by atoms with Gasteiger partial charge in [0.1, 0.15) is 6.04 Å². The SMILES string of the molecule is CCC(C(=O)O)N(CCC(=O)O)CCC(=O)O. The van der Waals surface area contributed by atoms with Crippen molar-refractivity contribution >= 4 is 17.9 Å². The Morgan fingerprint density at radius 1 is 1.00 bits per heavy atom. The van der Waals surface area contributed by atoms with E-state index in [1.807, 2.05) is 0 Å². The molecule has 0 aliphatic carbocycles. The van der Waals surface area contributed by atoms with E-state index in [9.17, 15) is 14.4 Å². The van der Waals surface area contributed by atoms with Gasteiger partial charge in [0.25, 0.3) is 0 Å². The molecule has 3 N–H and O–H groups in total. The van der Waals surface area contributed by atoms with Crippen molar-refractivity contribution in [3.63, 3.8) is 0 Å². The molecule has 1 atom stereocenters. The van der Waals surface area contributed by atoms with Crippen molar-refractivity contribution in [2.75, 3.05) is 13.1 Å². The van der Waals surface area contributed by atoms with Gasteiger partial charge in [-0.2, -0.15) is 0 Å². The molecule has 0 saturated carbocycles. The summed E-state index contributed by atoms with van der Waals surface area (Å²) in [5.74, 6) is -3.14. The fraction of sp³-hybridized carbons (Fsp3) is 0.700. The summed E-state index contributed by atoms with van der Waals surface area (Å²) in [6, 6.07) is -0.839. The van der Waals surface area contributed by atoms with Crippen molar-refractivity contribution in [2.24, 2.45) is 0 Å². The fourth-order valence-corrected chi connectivity index (χ4v) is 1.49. The standard InChI is InChI=1S/C10H17NO6/c1-2-7(10(16)17)11(5-3-8(12)13)6-4-9(14)15/h7H,2-6H2,1H3,(H,12,13)(H,14,15)(H,16,17). The molecule has 0 bridgehead atoms. The van der Waals surface area contributed by atoms with Gasteiger partial charge in [-0.1, -0.05) is 6.92 Å². The van der Waals surface area contributed by atoms with Gasteiger partial charge >= 0.3 is 17.9 Å². The van der Waals surface area contributed by atoms with E-state index in [0.29, 0.717) is 6.42 Å². The maximum atomic E-state index is 10.9. The molecule has 0 heterocycles. The molecule has 0 spiro atoms. The third-order valence-electron chi connectivity index (χ3n) is 2.34. The monoisotopic (exact) mass is 247 g/mol. The predicted octanol–water partition coefficient (Wildman–Crippen LogP) is 0.101. The van der Waals surface area contributed by atoms with Crippen molar-refractivity contribution in [1.82, 2.24) is 4.90 Å². The number of carbonyl (C=O) groups is 3. The van der Waals surface area contributed by atoms with Crippen molar-refractivity contribution < 1.29 is 29.7 Å². The molecule has 0 amide bonds. The van der Waals surface area contributed by atoms with Crippen LogP contribution < -0.4 is 0 Å². The normalized spacial score (nSPS) is 12.4. The summed E-state index contributed by atoms with van der Waals surface area (Å²) >= 11 is 0. The summed E-state index contributed by atoms with van der Waals surface area (Å²) in [7, 11) is 0. The zero-order valence-corrected chi connectivity index (χ0v) is 9.63. The van der Waals surface area contributed by atoms with E-state index in [0.717, 1.165) is 0 Å². The Morgan fingerprint density at radius 3 is 1.65 bits per heavy atom.